The summed E-state index contributed by atoms with van der Waals surface area (Å²) in [6, 6.07) is 22.5. The first kappa shape index (κ1) is 33.5. The summed E-state index contributed by atoms with van der Waals surface area (Å²) in [5.41, 5.74) is 5.33. The molecule has 0 aliphatic heterocycles. The molecule has 0 amide bonds. The second kappa shape index (κ2) is 17.2. The number of aromatic nitrogens is 3. The first-order chi connectivity index (χ1) is 21.4. The molecule has 2 unspecified atom stereocenters. The molecule has 4 N–H and O–H groups in total. The predicted octanol–water partition coefficient (Wildman–Crippen LogP) is 6.03. The summed E-state index contributed by atoms with van der Waals surface area (Å²) in [6.07, 6.45) is 12.0. The average molecular weight is 605 g/mol. The number of halogens is 1. The van der Waals surface area contributed by atoms with E-state index in [0.29, 0.717) is 6.04 Å². The average Bonchev–Trinajstić information content (AvgIpc) is 3.69. The maximum absolute atomic E-state index is 10.8. The molecule has 44 heavy (non-hydrogen) atoms. The maximum Gasteiger partial charge on any atom is 0.198 e. The molecule has 0 radical (unpaired) electrons. The number of aryl methyl sites for hydroxylation is 2. The molecule has 9 heteroatoms. The Balaban J connectivity index is 0.000000670. The maximum atomic E-state index is 10.8. The van der Waals surface area contributed by atoms with Crippen LogP contribution in [0, 0.1) is 5.92 Å². The van der Waals surface area contributed by atoms with Crippen LogP contribution >= 0.6 is 0 Å². The van der Waals surface area contributed by atoms with E-state index in [1.165, 1.54) is 56.2 Å². The summed E-state index contributed by atoms with van der Waals surface area (Å²) in [4.78, 5) is 11.9. The SMILES string of the molecule is CC(C)(O)OF.CNc1ncnc2c1ccn2C1CCC(CNCCCNCCc2cccc(CCc3ccccc3)c2)C1. The van der Waals surface area contributed by atoms with Gasteiger partial charge in [-0.15, -0.1) is 0 Å². The van der Waals surface area contributed by atoms with E-state index in [1.54, 1.807) is 6.33 Å². The van der Waals surface area contributed by atoms with Crippen LogP contribution in [0.5, 0.6) is 0 Å². The molecule has 2 aromatic carbocycles. The van der Waals surface area contributed by atoms with Gasteiger partial charge >= 0.3 is 0 Å². The number of nitrogens with zero attached hydrogens (tertiary/aromatic N) is 3. The molecule has 8 nitrogen and oxygen atoms in total. The normalized spacial score (nSPS) is 16.6. The van der Waals surface area contributed by atoms with Crippen LogP contribution in [-0.2, 0) is 24.2 Å². The lowest BCUT2D eigenvalue weighted by Gasteiger charge is -2.15. The fourth-order valence-corrected chi connectivity index (χ4v) is 5.83. The smallest absolute Gasteiger partial charge is 0.198 e. The predicted molar refractivity (Wildman–Crippen MR) is 176 cm³/mol. The number of hydrogen-bond acceptors (Lipinski definition) is 7. The molecule has 1 aliphatic carbocycles. The van der Waals surface area contributed by atoms with Gasteiger partial charge in [0.05, 0.1) is 5.39 Å². The molecule has 1 saturated carbocycles. The quantitative estimate of drug-likeness (QED) is 0.0973. The lowest BCUT2D eigenvalue weighted by atomic mass is 10.0. The molecule has 0 saturated heterocycles. The minimum absolute atomic E-state index is 0.539. The Bertz CT molecular complexity index is 1390. The van der Waals surface area contributed by atoms with Gasteiger partial charge in [-0.1, -0.05) is 54.6 Å². The van der Waals surface area contributed by atoms with Crippen LogP contribution in [0.1, 0.15) is 62.3 Å². The summed E-state index contributed by atoms with van der Waals surface area (Å²) < 4.78 is 13.1. The number of benzene rings is 2. The van der Waals surface area contributed by atoms with E-state index in [1.807, 2.05) is 7.05 Å². The van der Waals surface area contributed by atoms with Gasteiger partial charge in [-0.3, -0.25) is 0 Å². The van der Waals surface area contributed by atoms with Gasteiger partial charge in [-0.25, -0.2) is 9.97 Å². The molecule has 0 spiro atoms. The highest BCUT2D eigenvalue weighted by molar-refractivity contribution is 5.87. The molecule has 2 aromatic heterocycles. The van der Waals surface area contributed by atoms with Gasteiger partial charge in [0.25, 0.3) is 0 Å². The molecule has 4 aromatic rings. The van der Waals surface area contributed by atoms with E-state index in [-0.39, 0.29) is 0 Å². The molecular weight excluding hydrogens is 555 g/mol. The van der Waals surface area contributed by atoms with Crippen LogP contribution in [0.4, 0.5) is 10.3 Å². The lowest BCUT2D eigenvalue weighted by Crippen LogP contribution is -2.26. The first-order valence-electron chi connectivity index (χ1n) is 15.9. The van der Waals surface area contributed by atoms with Crippen molar-refractivity contribution in [2.75, 3.05) is 38.5 Å². The fourth-order valence-electron chi connectivity index (χ4n) is 5.83. The van der Waals surface area contributed by atoms with Crippen molar-refractivity contribution in [3.05, 3.63) is 89.9 Å². The Morgan fingerprint density at radius 3 is 2.36 bits per heavy atom. The summed E-state index contributed by atoms with van der Waals surface area (Å²) in [7, 11) is 1.92. The van der Waals surface area contributed by atoms with Crippen LogP contribution in [-0.4, -0.2) is 58.7 Å². The van der Waals surface area contributed by atoms with E-state index in [2.05, 4.69) is 102 Å². The fraction of sp³-hybridized carbons (Fsp3) is 0.486. The Hall–Kier alpha value is -3.37. The Kier molecular flexibility index (Phi) is 13.1. The summed E-state index contributed by atoms with van der Waals surface area (Å²) >= 11 is 0. The van der Waals surface area contributed by atoms with Crippen LogP contribution in [0.25, 0.3) is 11.0 Å². The summed E-state index contributed by atoms with van der Waals surface area (Å²) in [5, 5.41) is 19.9. The molecule has 2 atom stereocenters. The lowest BCUT2D eigenvalue weighted by molar-refractivity contribution is -0.309. The van der Waals surface area contributed by atoms with Gasteiger partial charge in [-0.05, 0) is 118 Å². The Labute approximate surface area is 261 Å². The highest BCUT2D eigenvalue weighted by Gasteiger charge is 2.27. The Morgan fingerprint density at radius 1 is 0.909 bits per heavy atom. The zero-order valence-corrected chi connectivity index (χ0v) is 26.4. The monoisotopic (exact) mass is 604 g/mol. The second-order valence-electron chi connectivity index (χ2n) is 12.2. The summed E-state index contributed by atoms with van der Waals surface area (Å²) in [5.74, 6) is 0.0242. The van der Waals surface area contributed by atoms with Crippen LogP contribution in [0.2, 0.25) is 0 Å². The third-order valence-electron chi connectivity index (χ3n) is 8.11. The molecule has 5 rings (SSSR count). The van der Waals surface area contributed by atoms with Gasteiger partial charge < -0.3 is 25.6 Å². The van der Waals surface area contributed by atoms with Crippen molar-refractivity contribution in [1.29, 1.82) is 0 Å². The number of rotatable bonds is 15. The minimum Gasteiger partial charge on any atom is -0.372 e. The topological polar surface area (TPSA) is 96.3 Å². The number of aliphatic hydroxyl groups is 1. The zero-order chi connectivity index (χ0) is 31.2. The second-order valence-corrected chi connectivity index (χ2v) is 12.2. The van der Waals surface area contributed by atoms with Crippen LogP contribution in [0.3, 0.4) is 0 Å². The van der Waals surface area contributed by atoms with Crippen LogP contribution < -0.4 is 16.0 Å². The van der Waals surface area contributed by atoms with E-state index in [0.717, 1.165) is 68.2 Å². The van der Waals surface area contributed by atoms with Gasteiger partial charge in [0.2, 0.25) is 0 Å². The Morgan fingerprint density at radius 2 is 1.61 bits per heavy atom. The number of anilines is 1. The van der Waals surface area contributed by atoms with Crippen molar-refractivity contribution in [2.24, 2.45) is 5.92 Å². The summed E-state index contributed by atoms with van der Waals surface area (Å²) in [6.45, 7) is 6.70. The highest BCUT2D eigenvalue weighted by atomic mass is 19.3. The molecular formula is C35H49FN6O2. The zero-order valence-electron chi connectivity index (χ0n) is 26.4. The third kappa shape index (κ3) is 10.7. The highest BCUT2D eigenvalue weighted by Crippen LogP contribution is 2.36. The standard InChI is InChI=1S/C32H42N6.C3H7FO2/c1-33-31-30-16-20-38(32(30)37-24-36-31)29-14-13-28(22-29)23-35-18-6-17-34-19-15-27-10-5-9-26(21-27)12-11-25-7-3-2-4-8-25;1-3(2,5)6-4/h2-5,7-10,16,20-21,24,28-29,34-35H,6,11-15,17-19,22-23H2,1H3,(H,33,36,37);5H,1-2H3. The number of nitrogens with one attached hydrogen (secondary N) is 3. The molecule has 1 aliphatic rings. The number of hydrogen-bond donors (Lipinski definition) is 4. The van der Waals surface area contributed by atoms with Crippen molar-refractivity contribution in [1.82, 2.24) is 25.2 Å². The molecule has 238 valence electrons. The van der Waals surface area contributed by atoms with Crippen molar-refractivity contribution < 1.29 is 14.6 Å². The van der Waals surface area contributed by atoms with E-state index in [9.17, 15) is 4.53 Å². The van der Waals surface area contributed by atoms with Crippen molar-refractivity contribution in [2.45, 2.75) is 70.6 Å². The third-order valence-corrected chi connectivity index (χ3v) is 8.11. The molecule has 2 heterocycles. The molecule has 0 bridgehead atoms. The number of fused-ring (bicyclic) bond motifs is 1. The van der Waals surface area contributed by atoms with Crippen molar-refractivity contribution >= 4 is 16.9 Å². The van der Waals surface area contributed by atoms with Gasteiger partial charge in [0.1, 0.15) is 17.8 Å². The van der Waals surface area contributed by atoms with E-state index in [4.69, 9.17) is 5.11 Å². The van der Waals surface area contributed by atoms with Gasteiger partial charge in [-0.2, -0.15) is 4.94 Å². The van der Waals surface area contributed by atoms with Crippen molar-refractivity contribution in [3.63, 3.8) is 0 Å². The minimum atomic E-state index is -1.62. The van der Waals surface area contributed by atoms with Gasteiger partial charge in [0, 0.05) is 19.3 Å². The van der Waals surface area contributed by atoms with E-state index >= 15 is 0 Å². The van der Waals surface area contributed by atoms with E-state index < -0.39 is 5.79 Å². The first-order valence-corrected chi connectivity index (χ1v) is 15.9. The van der Waals surface area contributed by atoms with Gasteiger partial charge in [0.15, 0.2) is 5.79 Å². The van der Waals surface area contributed by atoms with Crippen LogP contribution in [0.15, 0.2) is 73.2 Å². The largest absolute Gasteiger partial charge is 0.372 e. The van der Waals surface area contributed by atoms with Crippen molar-refractivity contribution in [3.8, 4) is 0 Å². The molecule has 1 fully saturated rings.